The molecule has 1 aromatic heterocycles. The Hall–Kier alpha value is -2.50. The van der Waals surface area contributed by atoms with Crippen LogP contribution in [0.25, 0.3) is 10.9 Å². The molecule has 0 fully saturated rings. The third kappa shape index (κ3) is 3.54. The molecule has 1 unspecified atom stereocenters. The van der Waals surface area contributed by atoms with Crippen LogP contribution in [0.4, 0.5) is 5.82 Å². The number of hydrogen-bond acceptors (Lipinski definition) is 5. The van der Waals surface area contributed by atoms with Crippen LogP contribution < -0.4 is 5.32 Å². The molecule has 5 heteroatoms. The molecule has 0 aliphatic carbocycles. The lowest BCUT2D eigenvalue weighted by Gasteiger charge is -2.30. The summed E-state index contributed by atoms with van der Waals surface area (Å²) in [5.74, 6) is 0.788. The van der Waals surface area contributed by atoms with E-state index in [0.29, 0.717) is 13.1 Å². The molecule has 2 N–H and O–H groups in total. The zero-order chi connectivity index (χ0) is 17.9. The molecule has 0 radical (unpaired) electrons. The van der Waals surface area contributed by atoms with Crippen LogP contribution in [0.2, 0.25) is 0 Å². The number of anilines is 1. The second-order valence-electron chi connectivity index (χ2n) is 6.98. The van der Waals surface area contributed by atoms with E-state index in [0.717, 1.165) is 41.8 Å². The Morgan fingerprint density at radius 2 is 1.96 bits per heavy atom. The molecule has 134 valence electrons. The number of benzene rings is 2. The van der Waals surface area contributed by atoms with Gasteiger partial charge in [0.05, 0.1) is 11.6 Å². The number of fused-ring (bicyclic) bond motifs is 2. The molecule has 1 atom stereocenters. The summed E-state index contributed by atoms with van der Waals surface area (Å²) in [5.41, 5.74) is 4.85. The van der Waals surface area contributed by atoms with Crippen LogP contribution in [-0.4, -0.2) is 45.7 Å². The molecule has 0 amide bonds. The predicted molar refractivity (Wildman–Crippen MR) is 104 cm³/mol. The van der Waals surface area contributed by atoms with Gasteiger partial charge in [-0.25, -0.2) is 9.97 Å². The van der Waals surface area contributed by atoms with Gasteiger partial charge in [0.25, 0.3) is 0 Å². The van der Waals surface area contributed by atoms with E-state index in [9.17, 15) is 5.11 Å². The van der Waals surface area contributed by atoms with Gasteiger partial charge in [-0.2, -0.15) is 0 Å². The second-order valence-corrected chi connectivity index (χ2v) is 6.98. The van der Waals surface area contributed by atoms with Gasteiger partial charge in [0.1, 0.15) is 12.1 Å². The molecule has 0 saturated heterocycles. The fourth-order valence-electron chi connectivity index (χ4n) is 3.70. The summed E-state index contributed by atoms with van der Waals surface area (Å²) < 4.78 is 0. The molecule has 1 aliphatic rings. The maximum absolute atomic E-state index is 10.5. The Kier molecular flexibility index (Phi) is 4.82. The quantitative estimate of drug-likeness (QED) is 0.742. The van der Waals surface area contributed by atoms with Crippen LogP contribution in [0.5, 0.6) is 0 Å². The molecule has 26 heavy (non-hydrogen) atoms. The van der Waals surface area contributed by atoms with Crippen LogP contribution in [0, 0.1) is 6.92 Å². The summed E-state index contributed by atoms with van der Waals surface area (Å²) in [6, 6.07) is 14.6. The minimum Gasteiger partial charge on any atom is -0.390 e. The zero-order valence-electron chi connectivity index (χ0n) is 15.0. The van der Waals surface area contributed by atoms with Gasteiger partial charge in [-0.3, -0.25) is 4.90 Å². The molecule has 4 rings (SSSR count). The molecule has 2 aromatic carbocycles. The molecule has 2 heterocycles. The first-order valence-corrected chi connectivity index (χ1v) is 9.12. The van der Waals surface area contributed by atoms with E-state index in [1.165, 1.54) is 11.1 Å². The van der Waals surface area contributed by atoms with E-state index >= 15 is 0 Å². The standard InChI is InChI=1S/C21H24N4O/c1-15-5-4-8-19-20(15)21(24-14-23-19)22-11-18(26)13-25-10-9-16-6-2-3-7-17(16)12-25/h2-8,14,18,26H,9-13H2,1H3,(H,22,23,24). The summed E-state index contributed by atoms with van der Waals surface area (Å²) in [6.45, 7) is 5.08. The van der Waals surface area contributed by atoms with E-state index < -0.39 is 6.10 Å². The monoisotopic (exact) mass is 348 g/mol. The van der Waals surface area contributed by atoms with Crippen molar-refractivity contribution in [3.63, 3.8) is 0 Å². The van der Waals surface area contributed by atoms with Crippen molar-refractivity contribution in [1.29, 1.82) is 0 Å². The summed E-state index contributed by atoms with van der Waals surface area (Å²) in [6.07, 6.45) is 2.17. The average molecular weight is 348 g/mol. The number of nitrogens with zero attached hydrogens (tertiary/aromatic N) is 3. The third-order valence-electron chi connectivity index (χ3n) is 5.06. The van der Waals surface area contributed by atoms with E-state index in [1.807, 2.05) is 12.1 Å². The molecule has 1 aliphatic heterocycles. The minimum atomic E-state index is -0.450. The highest BCUT2D eigenvalue weighted by atomic mass is 16.3. The first-order chi connectivity index (χ1) is 12.7. The Balaban J connectivity index is 1.39. The average Bonchev–Trinajstić information content (AvgIpc) is 2.66. The maximum Gasteiger partial charge on any atom is 0.137 e. The van der Waals surface area contributed by atoms with Gasteiger partial charge >= 0.3 is 0 Å². The maximum atomic E-state index is 10.5. The van der Waals surface area contributed by atoms with Gasteiger partial charge in [-0.05, 0) is 36.1 Å². The molecular weight excluding hydrogens is 324 g/mol. The fourth-order valence-corrected chi connectivity index (χ4v) is 3.70. The second kappa shape index (κ2) is 7.40. The summed E-state index contributed by atoms with van der Waals surface area (Å²) in [7, 11) is 0. The van der Waals surface area contributed by atoms with E-state index in [2.05, 4.69) is 57.4 Å². The number of aliphatic hydroxyl groups is 1. The van der Waals surface area contributed by atoms with Crippen molar-refractivity contribution in [2.75, 3.05) is 25.0 Å². The lowest BCUT2D eigenvalue weighted by Crippen LogP contribution is -2.39. The Labute approximate surface area is 153 Å². The van der Waals surface area contributed by atoms with Crippen LogP contribution >= 0.6 is 0 Å². The number of nitrogens with one attached hydrogen (secondary N) is 1. The molecular formula is C21H24N4O. The van der Waals surface area contributed by atoms with Crippen molar-refractivity contribution >= 4 is 16.7 Å². The minimum absolute atomic E-state index is 0.450. The molecule has 0 bridgehead atoms. The summed E-state index contributed by atoms with van der Waals surface area (Å²) >= 11 is 0. The predicted octanol–water partition coefficient (Wildman–Crippen LogP) is 2.77. The lowest BCUT2D eigenvalue weighted by molar-refractivity contribution is 0.114. The number of aryl methyl sites for hydroxylation is 1. The molecule has 3 aromatic rings. The lowest BCUT2D eigenvalue weighted by atomic mass is 10.00. The molecule has 0 saturated carbocycles. The zero-order valence-corrected chi connectivity index (χ0v) is 15.0. The number of hydrogen-bond donors (Lipinski definition) is 2. The van der Waals surface area contributed by atoms with Crippen LogP contribution in [0.1, 0.15) is 16.7 Å². The van der Waals surface area contributed by atoms with Crippen LogP contribution in [0.3, 0.4) is 0 Å². The molecule has 0 spiro atoms. The van der Waals surface area contributed by atoms with Crippen LogP contribution in [-0.2, 0) is 13.0 Å². The first-order valence-electron chi connectivity index (χ1n) is 9.12. The number of aromatic nitrogens is 2. The van der Waals surface area contributed by atoms with E-state index in [1.54, 1.807) is 6.33 Å². The molecule has 5 nitrogen and oxygen atoms in total. The van der Waals surface area contributed by atoms with E-state index in [4.69, 9.17) is 0 Å². The Morgan fingerprint density at radius 3 is 2.85 bits per heavy atom. The van der Waals surface area contributed by atoms with Crippen molar-refractivity contribution < 1.29 is 5.11 Å². The highest BCUT2D eigenvalue weighted by Gasteiger charge is 2.18. The largest absolute Gasteiger partial charge is 0.390 e. The topological polar surface area (TPSA) is 61.3 Å². The van der Waals surface area contributed by atoms with Gasteiger partial charge in [-0.15, -0.1) is 0 Å². The Morgan fingerprint density at radius 1 is 1.12 bits per heavy atom. The fraction of sp³-hybridized carbons (Fsp3) is 0.333. The summed E-state index contributed by atoms with van der Waals surface area (Å²) in [4.78, 5) is 11.0. The smallest absolute Gasteiger partial charge is 0.137 e. The van der Waals surface area contributed by atoms with Crippen molar-refractivity contribution in [3.05, 3.63) is 65.5 Å². The highest BCUT2D eigenvalue weighted by Crippen LogP contribution is 2.23. The Bertz CT molecular complexity index is 906. The van der Waals surface area contributed by atoms with Crippen molar-refractivity contribution in [2.24, 2.45) is 0 Å². The van der Waals surface area contributed by atoms with E-state index in [-0.39, 0.29) is 0 Å². The normalized spacial score (nSPS) is 15.6. The SMILES string of the molecule is Cc1cccc2ncnc(NCC(O)CN3CCc4ccccc4C3)c12. The first kappa shape index (κ1) is 16.9. The van der Waals surface area contributed by atoms with Gasteiger partial charge < -0.3 is 10.4 Å². The third-order valence-corrected chi connectivity index (χ3v) is 5.06. The highest BCUT2D eigenvalue weighted by molar-refractivity contribution is 5.91. The number of β-amino-alcohol motifs (C(OH)–C–C–N with tert-alkyl or cyclic N) is 1. The van der Waals surface area contributed by atoms with Gasteiger partial charge in [0.15, 0.2) is 0 Å². The van der Waals surface area contributed by atoms with Crippen LogP contribution in [0.15, 0.2) is 48.8 Å². The van der Waals surface area contributed by atoms with Gasteiger partial charge in [-0.1, -0.05) is 36.4 Å². The number of aliphatic hydroxyl groups excluding tert-OH is 1. The van der Waals surface area contributed by atoms with Crippen molar-refractivity contribution in [3.8, 4) is 0 Å². The summed E-state index contributed by atoms with van der Waals surface area (Å²) in [5, 5.41) is 14.8. The van der Waals surface area contributed by atoms with Crippen molar-refractivity contribution in [1.82, 2.24) is 14.9 Å². The number of rotatable bonds is 5. The van der Waals surface area contributed by atoms with Crippen molar-refractivity contribution in [2.45, 2.75) is 26.0 Å². The van der Waals surface area contributed by atoms with Gasteiger partial charge in [0, 0.05) is 31.6 Å². The van der Waals surface area contributed by atoms with Gasteiger partial charge in [0.2, 0.25) is 0 Å².